The van der Waals surface area contributed by atoms with E-state index in [0.29, 0.717) is 41.8 Å². The first-order valence-electron chi connectivity index (χ1n) is 14.0. The quantitative estimate of drug-likeness (QED) is 0.194. The third kappa shape index (κ3) is 8.31. The van der Waals surface area contributed by atoms with Gasteiger partial charge in [-0.2, -0.15) is 0 Å². The molecular weight excluding hydrogens is 557 g/mol. The zero-order valence-corrected chi connectivity index (χ0v) is 24.2. The molecule has 1 saturated carbocycles. The van der Waals surface area contributed by atoms with Crippen molar-refractivity contribution in [2.45, 2.75) is 71.3 Å². The first-order chi connectivity index (χ1) is 20.5. The van der Waals surface area contributed by atoms with Crippen LogP contribution in [0.3, 0.4) is 0 Å². The SMILES string of the molecule is Cc1cc(F)c(C(=O)Nc2cccc(-c3nncn3C(C)C)n2)cc1-n1cnc(C2CC2)c1.O=C(O)CCCCC(=O)O. The fourth-order valence-electron chi connectivity index (χ4n) is 4.34. The van der Waals surface area contributed by atoms with Gasteiger partial charge in [0.05, 0.1) is 23.3 Å². The summed E-state index contributed by atoms with van der Waals surface area (Å²) < 4.78 is 18.5. The molecule has 0 radical (unpaired) electrons. The molecule has 3 N–H and O–H groups in total. The third-order valence-corrected chi connectivity index (χ3v) is 6.79. The van der Waals surface area contributed by atoms with Gasteiger partial charge in [0.15, 0.2) is 5.82 Å². The summed E-state index contributed by atoms with van der Waals surface area (Å²) in [5.41, 5.74) is 2.97. The smallest absolute Gasteiger partial charge is 0.303 e. The normalized spacial score (nSPS) is 12.5. The number of nitrogens with zero attached hydrogens (tertiary/aromatic N) is 6. The number of aliphatic carboxylic acids is 2. The lowest BCUT2D eigenvalue weighted by atomic mass is 10.1. The Labute approximate surface area is 247 Å². The van der Waals surface area contributed by atoms with Crippen molar-refractivity contribution >= 4 is 23.7 Å². The van der Waals surface area contributed by atoms with Gasteiger partial charge in [-0.05, 0) is 76.3 Å². The lowest BCUT2D eigenvalue weighted by Crippen LogP contribution is -2.16. The van der Waals surface area contributed by atoms with E-state index in [2.05, 4.69) is 25.5 Å². The minimum absolute atomic E-state index is 0.0603. The van der Waals surface area contributed by atoms with E-state index in [1.54, 1.807) is 36.9 Å². The maximum absolute atomic E-state index is 14.8. The number of carbonyl (C=O) groups excluding carboxylic acids is 1. The second-order valence-corrected chi connectivity index (χ2v) is 10.6. The van der Waals surface area contributed by atoms with Gasteiger partial charge < -0.3 is 24.7 Å². The van der Waals surface area contributed by atoms with Crippen LogP contribution in [0.2, 0.25) is 0 Å². The van der Waals surface area contributed by atoms with Crippen LogP contribution in [0.1, 0.15) is 85.9 Å². The standard InChI is InChI=1S/C24H24FN7O.C6H10O4/c1-14(2)32-13-27-30-23(32)19-5-4-6-22(28-19)29-24(33)17-10-21(15(3)9-18(17)25)31-11-20(26-12-31)16-7-8-16;7-5(8)3-1-2-4-6(9)10/h4-6,9-14,16H,7-8H2,1-3H3,(H,28,29,33);1-4H2,(H,7,8)(H,9,10). The van der Waals surface area contributed by atoms with Crippen LogP contribution < -0.4 is 5.32 Å². The molecule has 0 atom stereocenters. The number of pyridine rings is 1. The summed E-state index contributed by atoms with van der Waals surface area (Å²) in [6, 6.07) is 8.29. The fourth-order valence-corrected chi connectivity index (χ4v) is 4.34. The highest BCUT2D eigenvalue weighted by Gasteiger charge is 2.26. The molecule has 3 heterocycles. The Balaban J connectivity index is 0.000000365. The van der Waals surface area contributed by atoms with E-state index in [4.69, 9.17) is 10.2 Å². The molecule has 0 unspecified atom stereocenters. The fraction of sp³-hybridized carbons (Fsp3) is 0.367. The van der Waals surface area contributed by atoms with E-state index < -0.39 is 23.7 Å². The zero-order chi connectivity index (χ0) is 31.1. The zero-order valence-electron chi connectivity index (χ0n) is 24.2. The largest absolute Gasteiger partial charge is 0.481 e. The Bertz CT molecular complexity index is 1590. The minimum atomic E-state index is -0.870. The molecule has 0 spiro atoms. The second-order valence-electron chi connectivity index (χ2n) is 10.6. The van der Waals surface area contributed by atoms with Gasteiger partial charge in [-0.15, -0.1) is 10.2 Å². The molecule has 4 aromatic rings. The first-order valence-corrected chi connectivity index (χ1v) is 14.0. The highest BCUT2D eigenvalue weighted by atomic mass is 19.1. The van der Waals surface area contributed by atoms with Gasteiger partial charge in [-0.1, -0.05) is 6.07 Å². The lowest BCUT2D eigenvalue weighted by molar-refractivity contribution is -0.139. The van der Waals surface area contributed by atoms with Crippen LogP contribution in [0.4, 0.5) is 10.2 Å². The highest BCUT2D eigenvalue weighted by molar-refractivity contribution is 6.04. The molecule has 0 aliphatic heterocycles. The van der Waals surface area contributed by atoms with Crippen molar-refractivity contribution in [1.82, 2.24) is 29.3 Å². The third-order valence-electron chi connectivity index (χ3n) is 6.79. The minimum Gasteiger partial charge on any atom is -0.481 e. The number of carboxylic acid groups (broad SMARTS) is 2. The molecule has 0 bridgehead atoms. The monoisotopic (exact) mass is 591 g/mol. The van der Waals surface area contributed by atoms with Crippen molar-refractivity contribution in [3.05, 3.63) is 71.8 Å². The predicted octanol–water partition coefficient (Wildman–Crippen LogP) is 5.40. The molecule has 226 valence electrons. The van der Waals surface area contributed by atoms with Crippen LogP contribution in [-0.2, 0) is 9.59 Å². The Kier molecular flexibility index (Phi) is 9.96. The number of carbonyl (C=O) groups is 3. The van der Waals surface area contributed by atoms with Gasteiger partial charge in [-0.25, -0.2) is 14.4 Å². The van der Waals surface area contributed by atoms with Crippen LogP contribution in [0.15, 0.2) is 49.2 Å². The van der Waals surface area contributed by atoms with Crippen molar-refractivity contribution in [3.63, 3.8) is 0 Å². The molecule has 5 rings (SSSR count). The number of hydrogen-bond donors (Lipinski definition) is 3. The van der Waals surface area contributed by atoms with E-state index in [1.807, 2.05) is 36.1 Å². The molecule has 1 aromatic carbocycles. The van der Waals surface area contributed by atoms with Crippen molar-refractivity contribution in [1.29, 1.82) is 0 Å². The topological polar surface area (TPSA) is 165 Å². The number of halogens is 1. The predicted molar refractivity (Wildman–Crippen MR) is 156 cm³/mol. The number of unbranched alkanes of at least 4 members (excludes halogenated alkanes) is 1. The molecule has 1 amide bonds. The number of rotatable bonds is 11. The van der Waals surface area contributed by atoms with Crippen molar-refractivity contribution in [3.8, 4) is 17.2 Å². The Morgan fingerprint density at radius 1 is 1.07 bits per heavy atom. The van der Waals surface area contributed by atoms with Crippen LogP contribution in [-0.4, -0.2) is 57.4 Å². The number of anilines is 1. The van der Waals surface area contributed by atoms with Gasteiger partial charge in [-0.3, -0.25) is 14.4 Å². The lowest BCUT2D eigenvalue weighted by Gasteiger charge is -2.12. The maximum Gasteiger partial charge on any atom is 0.303 e. The maximum atomic E-state index is 14.8. The number of aromatic nitrogens is 6. The van der Waals surface area contributed by atoms with E-state index in [1.165, 1.54) is 6.07 Å². The van der Waals surface area contributed by atoms with Crippen LogP contribution >= 0.6 is 0 Å². The Morgan fingerprint density at radius 3 is 2.40 bits per heavy atom. The second kappa shape index (κ2) is 13.8. The molecule has 1 aliphatic rings. The molecule has 3 aromatic heterocycles. The summed E-state index contributed by atoms with van der Waals surface area (Å²) in [7, 11) is 0. The van der Waals surface area contributed by atoms with Gasteiger partial charge >= 0.3 is 11.9 Å². The number of carboxylic acids is 2. The van der Waals surface area contributed by atoms with Crippen LogP contribution in [0.25, 0.3) is 17.2 Å². The number of amides is 1. The molecular formula is C30H34FN7O5. The van der Waals surface area contributed by atoms with Crippen LogP contribution in [0, 0.1) is 12.7 Å². The summed E-state index contributed by atoms with van der Waals surface area (Å²) >= 11 is 0. The first kappa shape index (κ1) is 31.0. The van der Waals surface area contributed by atoms with Gasteiger partial charge in [0, 0.05) is 31.0 Å². The average Bonchev–Trinajstić information content (AvgIpc) is 3.46. The van der Waals surface area contributed by atoms with Crippen LogP contribution in [0.5, 0.6) is 0 Å². The number of imidazole rings is 1. The Morgan fingerprint density at radius 2 is 1.77 bits per heavy atom. The average molecular weight is 592 g/mol. The van der Waals surface area contributed by atoms with E-state index in [9.17, 15) is 18.8 Å². The molecule has 13 heteroatoms. The van der Waals surface area contributed by atoms with E-state index in [-0.39, 0.29) is 24.4 Å². The number of hydrogen-bond acceptors (Lipinski definition) is 7. The van der Waals surface area contributed by atoms with Crippen molar-refractivity contribution in [2.75, 3.05) is 5.32 Å². The summed E-state index contributed by atoms with van der Waals surface area (Å²) in [5.74, 6) is -1.50. The Hall–Kier alpha value is -4.94. The summed E-state index contributed by atoms with van der Waals surface area (Å²) in [6.45, 7) is 5.85. The van der Waals surface area contributed by atoms with E-state index in [0.717, 1.165) is 24.1 Å². The number of aryl methyl sites for hydroxylation is 1. The summed E-state index contributed by atoms with van der Waals surface area (Å²) in [6.07, 6.45) is 8.62. The molecule has 12 nitrogen and oxygen atoms in total. The van der Waals surface area contributed by atoms with Crippen molar-refractivity contribution < 1.29 is 29.0 Å². The van der Waals surface area contributed by atoms with Gasteiger partial charge in [0.25, 0.3) is 5.91 Å². The molecule has 43 heavy (non-hydrogen) atoms. The molecule has 0 saturated heterocycles. The summed E-state index contributed by atoms with van der Waals surface area (Å²) in [5, 5.41) is 27.1. The number of benzene rings is 1. The van der Waals surface area contributed by atoms with Crippen molar-refractivity contribution in [2.24, 2.45) is 0 Å². The molecule has 1 aliphatic carbocycles. The van der Waals surface area contributed by atoms with E-state index >= 15 is 0 Å². The number of nitrogens with one attached hydrogen (secondary N) is 1. The highest BCUT2D eigenvalue weighted by Crippen LogP contribution is 2.39. The summed E-state index contributed by atoms with van der Waals surface area (Å²) in [4.78, 5) is 41.7. The van der Waals surface area contributed by atoms with Gasteiger partial charge in [0.2, 0.25) is 0 Å². The van der Waals surface area contributed by atoms with Gasteiger partial charge in [0.1, 0.15) is 23.7 Å². The molecule has 1 fully saturated rings.